The van der Waals surface area contributed by atoms with E-state index < -0.39 is 5.91 Å². The van der Waals surface area contributed by atoms with Crippen molar-refractivity contribution in [1.82, 2.24) is 0 Å². The van der Waals surface area contributed by atoms with Gasteiger partial charge >= 0.3 is 0 Å². The molecule has 0 bridgehead atoms. The van der Waals surface area contributed by atoms with Crippen molar-refractivity contribution in [2.24, 2.45) is 0 Å². The van der Waals surface area contributed by atoms with Gasteiger partial charge in [0.1, 0.15) is 35.5 Å². The lowest BCUT2D eigenvalue weighted by molar-refractivity contribution is -0.112. The van der Waals surface area contributed by atoms with Crippen LogP contribution < -0.4 is 14.8 Å². The number of methoxy groups -OCH3 is 1. The number of aromatic hydroxyl groups is 1. The Bertz CT molecular complexity index is 1130. The molecule has 156 valence electrons. The van der Waals surface area contributed by atoms with E-state index in [-0.39, 0.29) is 17.9 Å². The van der Waals surface area contributed by atoms with E-state index in [1.54, 1.807) is 37.4 Å². The molecule has 0 saturated heterocycles. The standard InChI is InChI=1S/C24H19ClN2O4/c1-30-22-11-4-17(23(13-22)31-15-16-2-5-19(25)6-3-16)12-18(14-26)24(29)27-20-7-9-21(28)10-8-20/h2-13,28H,15H2,1H3,(H,27,29)/b18-12+. The average molecular weight is 435 g/mol. The van der Waals surface area contributed by atoms with E-state index in [1.165, 1.54) is 30.3 Å². The molecule has 0 fully saturated rings. The minimum absolute atomic E-state index is 0.0785. The maximum atomic E-state index is 12.5. The number of halogens is 1. The summed E-state index contributed by atoms with van der Waals surface area (Å²) in [7, 11) is 1.54. The summed E-state index contributed by atoms with van der Waals surface area (Å²) in [6, 6.07) is 20.2. The first kappa shape index (κ1) is 21.8. The molecule has 31 heavy (non-hydrogen) atoms. The van der Waals surface area contributed by atoms with Crippen molar-refractivity contribution in [2.75, 3.05) is 12.4 Å². The summed E-state index contributed by atoms with van der Waals surface area (Å²) in [4.78, 5) is 12.5. The van der Waals surface area contributed by atoms with Crippen molar-refractivity contribution in [3.05, 3.63) is 88.5 Å². The van der Waals surface area contributed by atoms with Crippen molar-refractivity contribution in [3.63, 3.8) is 0 Å². The van der Waals surface area contributed by atoms with Gasteiger partial charge in [-0.25, -0.2) is 0 Å². The van der Waals surface area contributed by atoms with Crippen LogP contribution in [0.15, 0.2) is 72.3 Å². The zero-order chi connectivity index (χ0) is 22.2. The van der Waals surface area contributed by atoms with E-state index in [4.69, 9.17) is 21.1 Å². The van der Waals surface area contributed by atoms with Gasteiger partial charge in [0.2, 0.25) is 0 Å². The fourth-order valence-electron chi connectivity index (χ4n) is 2.67. The number of hydrogen-bond donors (Lipinski definition) is 2. The van der Waals surface area contributed by atoms with Crippen LogP contribution in [0.25, 0.3) is 6.08 Å². The van der Waals surface area contributed by atoms with Crippen LogP contribution in [0.1, 0.15) is 11.1 Å². The first-order valence-corrected chi connectivity index (χ1v) is 9.64. The Balaban J connectivity index is 1.83. The molecule has 0 radical (unpaired) electrons. The fraction of sp³-hybridized carbons (Fsp3) is 0.0833. The second kappa shape index (κ2) is 10.2. The first-order chi connectivity index (χ1) is 15.0. The quantitative estimate of drug-likeness (QED) is 0.304. The molecule has 2 N–H and O–H groups in total. The molecule has 7 heteroatoms. The number of amides is 1. The minimum atomic E-state index is -0.576. The molecule has 3 aromatic carbocycles. The molecule has 0 aliphatic carbocycles. The zero-order valence-electron chi connectivity index (χ0n) is 16.6. The van der Waals surface area contributed by atoms with Crippen LogP contribution in [0.2, 0.25) is 5.02 Å². The molecular formula is C24H19ClN2O4. The topological polar surface area (TPSA) is 91.6 Å². The Morgan fingerprint density at radius 3 is 2.48 bits per heavy atom. The average Bonchev–Trinajstić information content (AvgIpc) is 2.79. The third-order valence-electron chi connectivity index (χ3n) is 4.32. The number of carbonyl (C=O) groups is 1. The second-order valence-corrected chi connectivity index (χ2v) is 6.93. The largest absolute Gasteiger partial charge is 0.508 e. The SMILES string of the molecule is COc1ccc(/C=C(\C#N)C(=O)Nc2ccc(O)cc2)c(OCc2ccc(Cl)cc2)c1. The molecule has 0 atom stereocenters. The lowest BCUT2D eigenvalue weighted by atomic mass is 10.1. The lowest BCUT2D eigenvalue weighted by Crippen LogP contribution is -2.13. The number of anilines is 1. The van der Waals surface area contributed by atoms with Crippen LogP contribution in [0.4, 0.5) is 5.69 Å². The molecule has 0 unspecified atom stereocenters. The number of hydrogen-bond acceptors (Lipinski definition) is 5. The van der Waals surface area contributed by atoms with Gasteiger partial charge < -0.3 is 19.9 Å². The second-order valence-electron chi connectivity index (χ2n) is 6.49. The molecule has 0 aliphatic rings. The van der Waals surface area contributed by atoms with E-state index in [0.717, 1.165) is 5.56 Å². The number of phenolic OH excluding ortho intramolecular Hbond substituents is 1. The van der Waals surface area contributed by atoms with Gasteiger partial charge in [-0.15, -0.1) is 0 Å². The molecule has 0 aliphatic heterocycles. The maximum Gasteiger partial charge on any atom is 0.266 e. The Kier molecular flexibility index (Phi) is 7.15. The molecule has 3 rings (SSSR count). The number of phenols is 1. The van der Waals surface area contributed by atoms with Gasteiger partial charge in [-0.3, -0.25) is 4.79 Å². The molecule has 1 amide bonds. The first-order valence-electron chi connectivity index (χ1n) is 9.26. The summed E-state index contributed by atoms with van der Waals surface area (Å²) in [5, 5.41) is 22.1. The predicted molar refractivity (Wildman–Crippen MR) is 119 cm³/mol. The highest BCUT2D eigenvalue weighted by Crippen LogP contribution is 2.28. The number of rotatable bonds is 7. The summed E-state index contributed by atoms with van der Waals surface area (Å²) in [5.74, 6) is 0.539. The van der Waals surface area contributed by atoms with Gasteiger partial charge in [0, 0.05) is 22.3 Å². The molecule has 0 heterocycles. The molecule has 0 aromatic heterocycles. The molecule has 0 spiro atoms. The highest BCUT2D eigenvalue weighted by atomic mass is 35.5. The number of benzene rings is 3. The normalized spacial score (nSPS) is 10.8. The van der Waals surface area contributed by atoms with Crippen LogP contribution in [0.5, 0.6) is 17.2 Å². The number of carbonyl (C=O) groups excluding carboxylic acids is 1. The summed E-state index contributed by atoms with van der Waals surface area (Å²) in [6.45, 7) is 0.271. The van der Waals surface area contributed by atoms with Crippen LogP contribution in [-0.4, -0.2) is 18.1 Å². The monoisotopic (exact) mass is 434 g/mol. The number of nitrogens with one attached hydrogen (secondary N) is 1. The van der Waals surface area contributed by atoms with E-state index in [9.17, 15) is 15.2 Å². The highest BCUT2D eigenvalue weighted by molar-refractivity contribution is 6.30. The zero-order valence-corrected chi connectivity index (χ0v) is 17.4. The maximum absolute atomic E-state index is 12.5. The van der Waals surface area contributed by atoms with Crippen LogP contribution in [-0.2, 0) is 11.4 Å². The highest BCUT2D eigenvalue weighted by Gasteiger charge is 2.12. The third-order valence-corrected chi connectivity index (χ3v) is 4.57. The van der Waals surface area contributed by atoms with Gasteiger partial charge in [0.05, 0.1) is 7.11 Å². The Morgan fingerprint density at radius 2 is 1.84 bits per heavy atom. The minimum Gasteiger partial charge on any atom is -0.508 e. The van der Waals surface area contributed by atoms with Crippen LogP contribution >= 0.6 is 11.6 Å². The predicted octanol–water partition coefficient (Wildman–Crippen LogP) is 5.18. The Morgan fingerprint density at radius 1 is 1.13 bits per heavy atom. The van der Waals surface area contributed by atoms with Gasteiger partial charge in [0.25, 0.3) is 5.91 Å². The van der Waals surface area contributed by atoms with Crippen molar-refractivity contribution < 1.29 is 19.4 Å². The van der Waals surface area contributed by atoms with Gasteiger partial charge in [-0.05, 0) is 60.2 Å². The molecule has 0 saturated carbocycles. The van der Waals surface area contributed by atoms with E-state index in [2.05, 4.69) is 5.32 Å². The summed E-state index contributed by atoms with van der Waals surface area (Å²) in [5.41, 5.74) is 1.81. The Labute approximate surface area is 184 Å². The van der Waals surface area contributed by atoms with Gasteiger partial charge in [0.15, 0.2) is 0 Å². The fourth-order valence-corrected chi connectivity index (χ4v) is 2.80. The van der Waals surface area contributed by atoms with E-state index in [1.807, 2.05) is 18.2 Å². The summed E-state index contributed by atoms with van der Waals surface area (Å²) >= 11 is 5.92. The number of ether oxygens (including phenoxy) is 2. The molecule has 3 aromatic rings. The number of nitrogens with zero attached hydrogens (tertiary/aromatic N) is 1. The van der Waals surface area contributed by atoms with E-state index in [0.29, 0.717) is 27.8 Å². The molecule has 6 nitrogen and oxygen atoms in total. The lowest BCUT2D eigenvalue weighted by Gasteiger charge is -2.12. The van der Waals surface area contributed by atoms with Crippen molar-refractivity contribution in [3.8, 4) is 23.3 Å². The molecular weight excluding hydrogens is 416 g/mol. The summed E-state index contributed by atoms with van der Waals surface area (Å²) < 4.78 is 11.2. The van der Waals surface area contributed by atoms with E-state index >= 15 is 0 Å². The smallest absolute Gasteiger partial charge is 0.266 e. The van der Waals surface area contributed by atoms with Crippen molar-refractivity contribution in [2.45, 2.75) is 6.61 Å². The summed E-state index contributed by atoms with van der Waals surface area (Å²) in [6.07, 6.45) is 1.45. The third kappa shape index (κ3) is 6.01. The Hall–Kier alpha value is -3.95. The van der Waals surface area contributed by atoms with Gasteiger partial charge in [-0.2, -0.15) is 5.26 Å². The van der Waals surface area contributed by atoms with Crippen molar-refractivity contribution >= 4 is 29.3 Å². The van der Waals surface area contributed by atoms with Crippen molar-refractivity contribution in [1.29, 1.82) is 5.26 Å². The van der Waals surface area contributed by atoms with Crippen LogP contribution in [0, 0.1) is 11.3 Å². The van der Waals surface area contributed by atoms with Crippen LogP contribution in [0.3, 0.4) is 0 Å². The van der Waals surface area contributed by atoms with Gasteiger partial charge in [-0.1, -0.05) is 23.7 Å². The number of nitriles is 1.